The second-order valence-corrected chi connectivity index (χ2v) is 10.6. The number of hydrogen-bond acceptors (Lipinski definition) is 4. The monoisotopic (exact) mass is 480 g/mol. The number of rotatable bonds is 5. The summed E-state index contributed by atoms with van der Waals surface area (Å²) in [5, 5.41) is 5.20. The predicted molar refractivity (Wildman–Crippen MR) is 149 cm³/mol. The molecule has 0 amide bonds. The van der Waals surface area contributed by atoms with E-state index in [2.05, 4.69) is 96.7 Å². The lowest BCUT2D eigenvalue weighted by molar-refractivity contribution is -0.0188. The SMILES string of the molecule is CN1CCOC(Cc2ccc3ccccc3c2-c2c(CC3CN(C)CCO3)ccc3ccccc23)C1. The zero-order chi connectivity index (χ0) is 24.5. The van der Waals surface area contributed by atoms with Crippen LogP contribution in [-0.2, 0) is 22.3 Å². The van der Waals surface area contributed by atoms with Crippen molar-refractivity contribution < 1.29 is 9.47 Å². The summed E-state index contributed by atoms with van der Waals surface area (Å²) in [6, 6.07) is 26.9. The third kappa shape index (κ3) is 4.79. The van der Waals surface area contributed by atoms with Gasteiger partial charge in [-0.15, -0.1) is 0 Å². The van der Waals surface area contributed by atoms with Crippen LogP contribution in [0.5, 0.6) is 0 Å². The van der Waals surface area contributed by atoms with E-state index in [-0.39, 0.29) is 12.2 Å². The molecular weight excluding hydrogens is 444 g/mol. The molecule has 2 fully saturated rings. The van der Waals surface area contributed by atoms with Crippen LogP contribution in [0.2, 0.25) is 0 Å². The van der Waals surface area contributed by atoms with Crippen molar-refractivity contribution in [2.45, 2.75) is 25.0 Å². The Morgan fingerprint density at radius 1 is 0.611 bits per heavy atom. The largest absolute Gasteiger partial charge is 0.375 e. The van der Waals surface area contributed by atoms with Crippen molar-refractivity contribution in [1.82, 2.24) is 9.80 Å². The molecule has 0 aromatic heterocycles. The average molecular weight is 481 g/mol. The minimum atomic E-state index is 0.206. The third-order valence-electron chi connectivity index (χ3n) is 7.86. The van der Waals surface area contributed by atoms with Gasteiger partial charge in [0.25, 0.3) is 0 Å². The first-order valence-corrected chi connectivity index (χ1v) is 13.3. The van der Waals surface area contributed by atoms with Crippen molar-refractivity contribution in [3.05, 3.63) is 83.9 Å². The number of nitrogens with zero attached hydrogens (tertiary/aromatic N) is 2. The Hall–Kier alpha value is -2.76. The molecule has 0 aliphatic carbocycles. The number of ether oxygens (including phenoxy) is 2. The van der Waals surface area contributed by atoms with E-state index in [4.69, 9.17) is 9.47 Å². The van der Waals surface area contributed by atoms with Gasteiger partial charge in [-0.05, 0) is 57.9 Å². The molecule has 0 spiro atoms. The Kier molecular flexibility index (Phi) is 6.77. The highest BCUT2D eigenvalue weighted by atomic mass is 16.5. The van der Waals surface area contributed by atoms with E-state index in [1.165, 1.54) is 43.8 Å². The zero-order valence-electron chi connectivity index (χ0n) is 21.5. The number of fused-ring (bicyclic) bond motifs is 2. The lowest BCUT2D eigenvalue weighted by atomic mass is 9.84. The van der Waals surface area contributed by atoms with E-state index < -0.39 is 0 Å². The molecule has 2 heterocycles. The van der Waals surface area contributed by atoms with Gasteiger partial charge in [-0.1, -0.05) is 72.8 Å². The Bertz CT molecular complexity index is 1260. The van der Waals surface area contributed by atoms with E-state index in [1.807, 2.05) is 0 Å². The van der Waals surface area contributed by atoms with Crippen molar-refractivity contribution in [1.29, 1.82) is 0 Å². The fraction of sp³-hybridized carbons (Fsp3) is 0.375. The highest BCUT2D eigenvalue weighted by Gasteiger charge is 2.25. The molecule has 186 valence electrons. The highest BCUT2D eigenvalue weighted by molar-refractivity contribution is 6.07. The molecule has 4 heteroatoms. The number of benzene rings is 4. The molecule has 2 unspecified atom stereocenters. The maximum atomic E-state index is 6.24. The summed E-state index contributed by atoms with van der Waals surface area (Å²) in [6.07, 6.45) is 2.24. The zero-order valence-corrected chi connectivity index (χ0v) is 21.5. The van der Waals surface area contributed by atoms with Gasteiger partial charge in [-0.25, -0.2) is 0 Å². The summed E-state index contributed by atoms with van der Waals surface area (Å²) < 4.78 is 12.5. The van der Waals surface area contributed by atoms with Crippen LogP contribution in [0.15, 0.2) is 72.8 Å². The Morgan fingerprint density at radius 2 is 1.06 bits per heavy atom. The molecule has 4 aromatic carbocycles. The summed E-state index contributed by atoms with van der Waals surface area (Å²) in [4.78, 5) is 4.77. The van der Waals surface area contributed by atoms with Crippen molar-refractivity contribution in [3.63, 3.8) is 0 Å². The summed E-state index contributed by atoms with van der Waals surface area (Å²) in [5.41, 5.74) is 5.46. The van der Waals surface area contributed by atoms with Crippen LogP contribution in [0, 0.1) is 0 Å². The molecule has 4 aromatic rings. The minimum absolute atomic E-state index is 0.206. The van der Waals surface area contributed by atoms with Crippen LogP contribution in [-0.4, -0.2) is 75.5 Å². The van der Waals surface area contributed by atoms with Gasteiger partial charge in [0.15, 0.2) is 0 Å². The smallest absolute Gasteiger partial charge is 0.0742 e. The molecule has 0 radical (unpaired) electrons. The van der Waals surface area contributed by atoms with Gasteiger partial charge in [0.1, 0.15) is 0 Å². The van der Waals surface area contributed by atoms with Gasteiger partial charge in [0, 0.05) is 39.0 Å². The summed E-state index contributed by atoms with van der Waals surface area (Å²) in [7, 11) is 4.39. The fourth-order valence-electron chi connectivity index (χ4n) is 6.04. The topological polar surface area (TPSA) is 24.9 Å². The van der Waals surface area contributed by atoms with Crippen LogP contribution in [0.1, 0.15) is 11.1 Å². The average Bonchev–Trinajstić information content (AvgIpc) is 2.89. The van der Waals surface area contributed by atoms with Crippen molar-refractivity contribution >= 4 is 21.5 Å². The van der Waals surface area contributed by atoms with Gasteiger partial charge in [0.2, 0.25) is 0 Å². The molecule has 2 aliphatic rings. The molecule has 0 N–H and O–H groups in total. The molecule has 2 saturated heterocycles. The molecule has 0 bridgehead atoms. The number of hydrogen-bond donors (Lipinski definition) is 0. The Balaban J connectivity index is 1.53. The lowest BCUT2D eigenvalue weighted by Gasteiger charge is -2.32. The number of morpholine rings is 2. The lowest BCUT2D eigenvalue weighted by Crippen LogP contribution is -2.41. The van der Waals surface area contributed by atoms with E-state index in [1.54, 1.807) is 0 Å². The van der Waals surface area contributed by atoms with Crippen LogP contribution in [0.3, 0.4) is 0 Å². The first kappa shape index (κ1) is 23.6. The van der Waals surface area contributed by atoms with Gasteiger partial charge in [-0.2, -0.15) is 0 Å². The quantitative estimate of drug-likeness (QED) is 0.382. The maximum Gasteiger partial charge on any atom is 0.0742 e. The van der Waals surface area contributed by atoms with E-state index in [9.17, 15) is 0 Å². The molecule has 2 aliphatic heterocycles. The highest BCUT2D eigenvalue weighted by Crippen LogP contribution is 2.40. The number of likely N-dealkylation sites (N-methyl/N-ethyl adjacent to an activating group) is 2. The predicted octanol–water partition coefficient (Wildman–Crippen LogP) is 5.41. The molecule has 6 rings (SSSR count). The van der Waals surface area contributed by atoms with Gasteiger partial charge in [0.05, 0.1) is 25.4 Å². The second kappa shape index (κ2) is 10.3. The molecule has 36 heavy (non-hydrogen) atoms. The summed E-state index contributed by atoms with van der Waals surface area (Å²) >= 11 is 0. The summed E-state index contributed by atoms with van der Waals surface area (Å²) in [5.74, 6) is 0. The van der Waals surface area contributed by atoms with E-state index in [0.717, 1.165) is 52.2 Å². The molecule has 2 atom stereocenters. The Morgan fingerprint density at radius 3 is 1.50 bits per heavy atom. The van der Waals surface area contributed by atoms with Crippen LogP contribution < -0.4 is 0 Å². The van der Waals surface area contributed by atoms with Gasteiger partial charge in [-0.3, -0.25) is 0 Å². The van der Waals surface area contributed by atoms with E-state index >= 15 is 0 Å². The van der Waals surface area contributed by atoms with Crippen LogP contribution in [0.25, 0.3) is 32.7 Å². The maximum absolute atomic E-state index is 6.24. The molecule has 0 saturated carbocycles. The Labute approximate surface area is 214 Å². The van der Waals surface area contributed by atoms with Crippen molar-refractivity contribution in [3.8, 4) is 11.1 Å². The summed E-state index contributed by atoms with van der Waals surface area (Å²) in [6.45, 7) is 5.55. The van der Waals surface area contributed by atoms with Gasteiger partial charge >= 0.3 is 0 Å². The van der Waals surface area contributed by atoms with E-state index in [0.29, 0.717) is 0 Å². The normalized spacial score (nSPS) is 21.8. The molecular formula is C32H36N2O2. The van der Waals surface area contributed by atoms with Crippen molar-refractivity contribution in [2.75, 3.05) is 53.5 Å². The van der Waals surface area contributed by atoms with Gasteiger partial charge < -0.3 is 19.3 Å². The standard InChI is InChI=1S/C32H36N2O2/c1-33-15-17-35-27(21-33)19-25-13-11-23-7-3-5-9-29(23)31(25)32-26(20-28-22-34(2)16-18-36-28)14-12-24-8-4-6-10-30(24)32/h3-14,27-28H,15-22H2,1-2H3. The first-order chi connectivity index (χ1) is 17.7. The molecule has 4 nitrogen and oxygen atoms in total. The third-order valence-corrected chi connectivity index (χ3v) is 7.86. The minimum Gasteiger partial charge on any atom is -0.375 e. The second-order valence-electron chi connectivity index (χ2n) is 10.6. The van der Waals surface area contributed by atoms with Crippen LogP contribution >= 0.6 is 0 Å². The van der Waals surface area contributed by atoms with Crippen molar-refractivity contribution in [2.24, 2.45) is 0 Å². The fourth-order valence-corrected chi connectivity index (χ4v) is 6.04. The first-order valence-electron chi connectivity index (χ1n) is 13.3. The van der Waals surface area contributed by atoms with Crippen LogP contribution in [0.4, 0.5) is 0 Å².